The van der Waals surface area contributed by atoms with Crippen molar-refractivity contribution in [2.24, 2.45) is 0 Å². The van der Waals surface area contributed by atoms with E-state index < -0.39 is 5.82 Å². The third-order valence-electron chi connectivity index (χ3n) is 2.99. The number of hydrogen-bond donors (Lipinski definition) is 1. The van der Waals surface area contributed by atoms with Gasteiger partial charge in [0, 0.05) is 11.1 Å². The number of benzene rings is 2. The van der Waals surface area contributed by atoms with Crippen LogP contribution in [0.25, 0.3) is 0 Å². The Morgan fingerprint density at radius 1 is 1.27 bits per heavy atom. The molecule has 0 spiro atoms. The summed E-state index contributed by atoms with van der Waals surface area (Å²) in [4.78, 5) is 11.9. The number of ether oxygens (including phenoxy) is 1. The summed E-state index contributed by atoms with van der Waals surface area (Å²) in [6.07, 6.45) is 0. The molecule has 1 N–H and O–H groups in total. The summed E-state index contributed by atoms with van der Waals surface area (Å²) in [5.74, 6) is -0.502. The first-order valence-corrected chi connectivity index (χ1v) is 7.34. The minimum atomic E-state index is -0.534. The van der Waals surface area contributed by atoms with Crippen molar-refractivity contribution >= 4 is 29.1 Å². The molecule has 0 radical (unpaired) electrons. The summed E-state index contributed by atoms with van der Waals surface area (Å²) in [7, 11) is 0. The molecule has 2 aromatic carbocycles. The van der Waals surface area contributed by atoms with Gasteiger partial charge in [-0.1, -0.05) is 35.3 Å². The smallest absolute Gasteiger partial charge is 0.258 e. The standard InChI is InChI=1S/C16H14Cl2FNO2/c1-10(11-3-2-4-12(17)7-11)20-16(21)9-22-13-5-6-15(19)14(18)8-13/h2-8,10H,9H2,1H3,(H,20,21)/t10-/m1/s1. The molecule has 116 valence electrons. The Hall–Kier alpha value is -1.78. The fourth-order valence-corrected chi connectivity index (χ4v) is 2.23. The summed E-state index contributed by atoms with van der Waals surface area (Å²) in [6.45, 7) is 1.66. The van der Waals surface area contributed by atoms with E-state index in [1.165, 1.54) is 18.2 Å². The van der Waals surface area contributed by atoms with Gasteiger partial charge >= 0.3 is 0 Å². The molecule has 0 fully saturated rings. The lowest BCUT2D eigenvalue weighted by molar-refractivity contribution is -0.123. The highest BCUT2D eigenvalue weighted by Crippen LogP contribution is 2.21. The minimum Gasteiger partial charge on any atom is -0.484 e. The van der Waals surface area contributed by atoms with Crippen LogP contribution in [0.3, 0.4) is 0 Å². The topological polar surface area (TPSA) is 38.3 Å². The molecule has 0 aliphatic heterocycles. The van der Waals surface area contributed by atoms with Crippen LogP contribution in [-0.4, -0.2) is 12.5 Å². The number of amides is 1. The van der Waals surface area contributed by atoms with Crippen molar-refractivity contribution in [1.29, 1.82) is 0 Å². The van der Waals surface area contributed by atoms with Gasteiger partial charge < -0.3 is 10.1 Å². The average Bonchev–Trinajstić information content (AvgIpc) is 2.48. The lowest BCUT2D eigenvalue weighted by Gasteiger charge is -2.15. The SMILES string of the molecule is C[C@@H](NC(=O)COc1ccc(F)c(Cl)c1)c1cccc(Cl)c1. The summed E-state index contributed by atoms with van der Waals surface area (Å²) in [5.41, 5.74) is 0.894. The molecule has 22 heavy (non-hydrogen) atoms. The van der Waals surface area contributed by atoms with Gasteiger partial charge in [-0.15, -0.1) is 0 Å². The van der Waals surface area contributed by atoms with Crippen LogP contribution in [0.4, 0.5) is 4.39 Å². The van der Waals surface area contributed by atoms with Crippen LogP contribution in [0.5, 0.6) is 5.75 Å². The van der Waals surface area contributed by atoms with Crippen molar-refractivity contribution in [2.45, 2.75) is 13.0 Å². The van der Waals surface area contributed by atoms with Crippen LogP contribution in [0.1, 0.15) is 18.5 Å². The van der Waals surface area contributed by atoms with Crippen LogP contribution in [0.15, 0.2) is 42.5 Å². The molecule has 0 aromatic heterocycles. The Morgan fingerprint density at radius 2 is 2.05 bits per heavy atom. The van der Waals surface area contributed by atoms with Gasteiger partial charge in [-0.3, -0.25) is 4.79 Å². The summed E-state index contributed by atoms with van der Waals surface area (Å²) >= 11 is 11.6. The van der Waals surface area contributed by atoms with Gasteiger partial charge in [-0.05, 0) is 36.8 Å². The molecule has 0 saturated heterocycles. The molecule has 1 amide bonds. The molecule has 2 aromatic rings. The molecule has 0 unspecified atom stereocenters. The Labute approximate surface area is 138 Å². The van der Waals surface area contributed by atoms with E-state index in [1.807, 2.05) is 19.1 Å². The summed E-state index contributed by atoms with van der Waals surface area (Å²) in [5, 5.41) is 3.35. The van der Waals surface area contributed by atoms with Crippen molar-refractivity contribution in [2.75, 3.05) is 6.61 Å². The van der Waals surface area contributed by atoms with Gasteiger partial charge in [0.2, 0.25) is 0 Å². The Morgan fingerprint density at radius 3 is 2.73 bits per heavy atom. The van der Waals surface area contributed by atoms with Crippen LogP contribution in [0.2, 0.25) is 10.0 Å². The second-order valence-electron chi connectivity index (χ2n) is 4.71. The third-order valence-corrected chi connectivity index (χ3v) is 3.51. The van der Waals surface area contributed by atoms with Crippen LogP contribution < -0.4 is 10.1 Å². The number of rotatable bonds is 5. The van der Waals surface area contributed by atoms with Gasteiger partial charge in [-0.25, -0.2) is 4.39 Å². The third kappa shape index (κ3) is 4.61. The van der Waals surface area contributed by atoms with Crippen molar-refractivity contribution in [3.05, 3.63) is 63.9 Å². The zero-order valence-electron chi connectivity index (χ0n) is 11.8. The van der Waals surface area contributed by atoms with E-state index in [0.717, 1.165) is 5.56 Å². The lowest BCUT2D eigenvalue weighted by Crippen LogP contribution is -2.31. The maximum atomic E-state index is 13.0. The predicted molar refractivity (Wildman–Crippen MR) is 84.9 cm³/mol. The van der Waals surface area contributed by atoms with Crippen LogP contribution in [0, 0.1) is 5.82 Å². The lowest BCUT2D eigenvalue weighted by atomic mass is 10.1. The second kappa shape index (κ2) is 7.47. The molecular formula is C16H14Cl2FNO2. The monoisotopic (exact) mass is 341 g/mol. The minimum absolute atomic E-state index is 0.0507. The molecule has 0 heterocycles. The van der Waals surface area contributed by atoms with Gasteiger partial charge in [0.25, 0.3) is 5.91 Å². The first-order chi connectivity index (χ1) is 10.5. The number of halogens is 3. The molecule has 0 bridgehead atoms. The molecule has 0 saturated carbocycles. The van der Waals surface area contributed by atoms with E-state index in [0.29, 0.717) is 10.8 Å². The quantitative estimate of drug-likeness (QED) is 0.875. The summed E-state index contributed by atoms with van der Waals surface area (Å²) in [6, 6.07) is 11.0. The Balaban J connectivity index is 1.88. The van der Waals surface area contributed by atoms with E-state index in [9.17, 15) is 9.18 Å². The first-order valence-electron chi connectivity index (χ1n) is 6.58. The maximum absolute atomic E-state index is 13.0. The van der Waals surface area contributed by atoms with E-state index in [4.69, 9.17) is 27.9 Å². The van der Waals surface area contributed by atoms with E-state index in [2.05, 4.69) is 5.32 Å². The molecule has 6 heteroatoms. The van der Waals surface area contributed by atoms with E-state index in [-0.39, 0.29) is 23.6 Å². The first kappa shape index (κ1) is 16.6. The molecule has 0 aliphatic rings. The fourth-order valence-electron chi connectivity index (χ4n) is 1.86. The predicted octanol–water partition coefficient (Wildman–Crippen LogP) is 4.39. The largest absolute Gasteiger partial charge is 0.484 e. The normalized spacial score (nSPS) is 11.8. The number of carbonyl (C=O) groups is 1. The van der Waals surface area contributed by atoms with Crippen LogP contribution >= 0.6 is 23.2 Å². The molecule has 3 nitrogen and oxygen atoms in total. The zero-order valence-corrected chi connectivity index (χ0v) is 13.3. The second-order valence-corrected chi connectivity index (χ2v) is 5.55. The molecular weight excluding hydrogens is 328 g/mol. The number of nitrogens with one attached hydrogen (secondary N) is 1. The van der Waals surface area contributed by atoms with E-state index in [1.54, 1.807) is 12.1 Å². The highest BCUT2D eigenvalue weighted by atomic mass is 35.5. The van der Waals surface area contributed by atoms with Crippen LogP contribution in [-0.2, 0) is 4.79 Å². The van der Waals surface area contributed by atoms with Gasteiger partial charge in [0.05, 0.1) is 11.1 Å². The van der Waals surface area contributed by atoms with Gasteiger partial charge in [-0.2, -0.15) is 0 Å². The number of hydrogen-bond acceptors (Lipinski definition) is 2. The average molecular weight is 342 g/mol. The zero-order chi connectivity index (χ0) is 16.1. The van der Waals surface area contributed by atoms with E-state index >= 15 is 0 Å². The van der Waals surface area contributed by atoms with Gasteiger partial charge in [0.15, 0.2) is 6.61 Å². The fraction of sp³-hybridized carbons (Fsp3) is 0.188. The molecule has 0 aliphatic carbocycles. The highest BCUT2D eigenvalue weighted by Gasteiger charge is 2.11. The summed E-state index contributed by atoms with van der Waals surface area (Å²) < 4.78 is 18.3. The highest BCUT2D eigenvalue weighted by molar-refractivity contribution is 6.31. The van der Waals surface area contributed by atoms with Crippen molar-refractivity contribution in [3.63, 3.8) is 0 Å². The Kier molecular flexibility index (Phi) is 5.63. The van der Waals surface area contributed by atoms with Crippen molar-refractivity contribution in [3.8, 4) is 5.75 Å². The maximum Gasteiger partial charge on any atom is 0.258 e. The Bertz CT molecular complexity index is 679. The number of carbonyl (C=O) groups excluding carboxylic acids is 1. The molecule has 1 atom stereocenters. The van der Waals surface area contributed by atoms with Crippen molar-refractivity contribution in [1.82, 2.24) is 5.32 Å². The van der Waals surface area contributed by atoms with Crippen molar-refractivity contribution < 1.29 is 13.9 Å². The molecule has 2 rings (SSSR count). The van der Waals surface area contributed by atoms with Gasteiger partial charge in [0.1, 0.15) is 11.6 Å².